The van der Waals surface area contributed by atoms with Crippen LogP contribution in [0.1, 0.15) is 5.56 Å². The van der Waals surface area contributed by atoms with E-state index in [0.717, 1.165) is 5.56 Å². The van der Waals surface area contributed by atoms with Crippen molar-refractivity contribution in [2.75, 3.05) is 5.32 Å². The molecular formula is C16H13ClN4O. The fourth-order valence-corrected chi connectivity index (χ4v) is 1.85. The molecule has 1 heterocycles. The Hall–Kier alpha value is -2.84. The molecule has 0 radical (unpaired) electrons. The van der Waals surface area contributed by atoms with Gasteiger partial charge in [0.15, 0.2) is 0 Å². The molecule has 22 heavy (non-hydrogen) atoms. The molecule has 1 amide bonds. The number of para-hydroxylation sites is 1. The summed E-state index contributed by atoms with van der Waals surface area (Å²) in [5.74, 6) is -0.467. The number of rotatable bonds is 5. The highest BCUT2D eigenvalue weighted by Crippen LogP contribution is 2.20. The lowest BCUT2D eigenvalue weighted by Gasteiger charge is -2.06. The van der Waals surface area contributed by atoms with Gasteiger partial charge in [0.1, 0.15) is 11.6 Å². The Morgan fingerprint density at radius 3 is 2.82 bits per heavy atom. The van der Waals surface area contributed by atoms with E-state index in [-0.39, 0.29) is 5.57 Å². The molecular weight excluding hydrogens is 300 g/mol. The van der Waals surface area contributed by atoms with Crippen molar-refractivity contribution in [1.82, 2.24) is 10.3 Å². The number of hydrogen-bond donors (Lipinski definition) is 2. The molecule has 0 aliphatic heterocycles. The van der Waals surface area contributed by atoms with Crippen molar-refractivity contribution in [1.29, 1.82) is 5.26 Å². The van der Waals surface area contributed by atoms with Gasteiger partial charge in [-0.15, -0.1) is 0 Å². The lowest BCUT2D eigenvalue weighted by molar-refractivity contribution is -0.117. The van der Waals surface area contributed by atoms with Crippen molar-refractivity contribution in [2.24, 2.45) is 0 Å². The third-order valence-corrected chi connectivity index (χ3v) is 3.12. The number of nitrogens with zero attached hydrogens (tertiary/aromatic N) is 2. The number of nitrogens with one attached hydrogen (secondary N) is 2. The van der Waals surface area contributed by atoms with Gasteiger partial charge in [-0.2, -0.15) is 5.26 Å². The second-order valence-electron chi connectivity index (χ2n) is 4.34. The van der Waals surface area contributed by atoms with Crippen LogP contribution in [0.15, 0.2) is 60.6 Å². The van der Waals surface area contributed by atoms with E-state index in [1.807, 2.05) is 12.1 Å². The zero-order valence-electron chi connectivity index (χ0n) is 11.6. The van der Waals surface area contributed by atoms with Gasteiger partial charge in [0, 0.05) is 25.1 Å². The van der Waals surface area contributed by atoms with Gasteiger partial charge < -0.3 is 10.6 Å². The summed E-state index contributed by atoms with van der Waals surface area (Å²) in [5, 5.41) is 15.1. The molecule has 0 aliphatic carbocycles. The van der Waals surface area contributed by atoms with Crippen molar-refractivity contribution in [3.8, 4) is 6.07 Å². The van der Waals surface area contributed by atoms with Crippen molar-refractivity contribution < 1.29 is 4.79 Å². The van der Waals surface area contributed by atoms with E-state index in [9.17, 15) is 4.79 Å². The van der Waals surface area contributed by atoms with Crippen LogP contribution in [-0.2, 0) is 11.3 Å². The molecule has 2 rings (SSSR count). The van der Waals surface area contributed by atoms with Gasteiger partial charge in [-0.25, -0.2) is 0 Å². The highest BCUT2D eigenvalue weighted by atomic mass is 35.5. The first-order chi connectivity index (χ1) is 10.7. The first-order valence-corrected chi connectivity index (χ1v) is 6.87. The van der Waals surface area contributed by atoms with Crippen LogP contribution in [0.5, 0.6) is 0 Å². The monoisotopic (exact) mass is 312 g/mol. The van der Waals surface area contributed by atoms with E-state index in [1.54, 1.807) is 42.7 Å². The van der Waals surface area contributed by atoms with E-state index < -0.39 is 5.91 Å². The Bertz CT molecular complexity index is 722. The second-order valence-corrected chi connectivity index (χ2v) is 4.75. The molecule has 0 aliphatic rings. The standard InChI is InChI=1S/C16H13ClN4O/c17-14-5-1-2-6-15(14)20-11-13(8-18)16(22)21-10-12-4-3-7-19-9-12/h1-7,9,11,20H,10H2,(H,21,22)/b13-11-. The van der Waals surface area contributed by atoms with Gasteiger partial charge in [-0.1, -0.05) is 29.8 Å². The summed E-state index contributed by atoms with van der Waals surface area (Å²) < 4.78 is 0. The maximum absolute atomic E-state index is 12.0. The molecule has 0 bridgehead atoms. The first kappa shape index (κ1) is 15.5. The first-order valence-electron chi connectivity index (χ1n) is 6.49. The van der Waals surface area contributed by atoms with E-state index in [2.05, 4.69) is 15.6 Å². The largest absolute Gasteiger partial charge is 0.359 e. The van der Waals surface area contributed by atoms with E-state index >= 15 is 0 Å². The molecule has 110 valence electrons. The summed E-state index contributed by atoms with van der Waals surface area (Å²) in [6.07, 6.45) is 4.64. The number of pyridine rings is 1. The number of carbonyl (C=O) groups excluding carboxylic acids is 1. The van der Waals surface area contributed by atoms with Crippen LogP contribution in [0.3, 0.4) is 0 Å². The van der Waals surface area contributed by atoms with Crippen LogP contribution in [0.2, 0.25) is 5.02 Å². The SMILES string of the molecule is N#C/C(=C/Nc1ccccc1Cl)C(=O)NCc1cccnc1. The molecule has 5 nitrogen and oxygen atoms in total. The van der Waals surface area contributed by atoms with E-state index in [0.29, 0.717) is 17.3 Å². The zero-order chi connectivity index (χ0) is 15.8. The van der Waals surface area contributed by atoms with Crippen molar-refractivity contribution in [2.45, 2.75) is 6.54 Å². The minimum Gasteiger partial charge on any atom is -0.359 e. The summed E-state index contributed by atoms with van der Waals surface area (Å²) in [6, 6.07) is 12.5. The lowest BCUT2D eigenvalue weighted by Crippen LogP contribution is -2.24. The van der Waals surface area contributed by atoms with Gasteiger partial charge in [-0.05, 0) is 23.8 Å². The molecule has 0 spiro atoms. The van der Waals surface area contributed by atoms with Crippen molar-refractivity contribution >= 4 is 23.2 Å². The topological polar surface area (TPSA) is 77.8 Å². The van der Waals surface area contributed by atoms with Gasteiger partial charge in [0.2, 0.25) is 0 Å². The Balaban J connectivity index is 1.99. The number of aromatic nitrogens is 1. The quantitative estimate of drug-likeness (QED) is 0.657. The van der Waals surface area contributed by atoms with Crippen LogP contribution in [0.25, 0.3) is 0 Å². The molecule has 0 unspecified atom stereocenters. The Kier molecular flexibility index (Phi) is 5.52. The fraction of sp³-hybridized carbons (Fsp3) is 0.0625. The second kappa shape index (κ2) is 7.81. The van der Waals surface area contributed by atoms with Gasteiger partial charge in [0.25, 0.3) is 5.91 Å². The average Bonchev–Trinajstić information content (AvgIpc) is 2.56. The van der Waals surface area contributed by atoms with Crippen LogP contribution in [-0.4, -0.2) is 10.9 Å². The molecule has 6 heteroatoms. The molecule has 2 N–H and O–H groups in total. The summed E-state index contributed by atoms with van der Waals surface area (Å²) in [4.78, 5) is 15.9. The third kappa shape index (κ3) is 4.33. The molecule has 1 aromatic carbocycles. The zero-order valence-corrected chi connectivity index (χ0v) is 12.3. The van der Waals surface area contributed by atoms with E-state index in [1.165, 1.54) is 6.20 Å². The van der Waals surface area contributed by atoms with Gasteiger partial charge >= 0.3 is 0 Å². The van der Waals surface area contributed by atoms with Gasteiger partial charge in [0.05, 0.1) is 10.7 Å². The van der Waals surface area contributed by atoms with Gasteiger partial charge in [-0.3, -0.25) is 9.78 Å². The summed E-state index contributed by atoms with van der Waals surface area (Å²) in [7, 11) is 0. The molecule has 0 saturated heterocycles. The number of carbonyl (C=O) groups is 1. The average molecular weight is 313 g/mol. The van der Waals surface area contributed by atoms with E-state index in [4.69, 9.17) is 16.9 Å². The smallest absolute Gasteiger partial charge is 0.263 e. The summed E-state index contributed by atoms with van der Waals surface area (Å²) >= 11 is 5.99. The minimum atomic E-state index is -0.467. The van der Waals surface area contributed by atoms with Crippen LogP contribution < -0.4 is 10.6 Å². The number of benzene rings is 1. The van der Waals surface area contributed by atoms with Crippen LogP contribution in [0, 0.1) is 11.3 Å². The number of amides is 1. The lowest BCUT2D eigenvalue weighted by atomic mass is 10.2. The normalized spacial score (nSPS) is 10.6. The Morgan fingerprint density at radius 1 is 1.32 bits per heavy atom. The highest BCUT2D eigenvalue weighted by molar-refractivity contribution is 6.33. The number of halogens is 1. The molecule has 2 aromatic rings. The summed E-state index contributed by atoms with van der Waals surface area (Å²) in [5.41, 5.74) is 1.44. The maximum atomic E-state index is 12.0. The fourth-order valence-electron chi connectivity index (χ4n) is 1.66. The summed E-state index contributed by atoms with van der Waals surface area (Å²) in [6.45, 7) is 0.303. The molecule has 0 saturated carbocycles. The maximum Gasteiger partial charge on any atom is 0.263 e. The predicted octanol–water partition coefficient (Wildman–Crippen LogP) is 2.87. The Morgan fingerprint density at radius 2 is 2.14 bits per heavy atom. The number of anilines is 1. The number of nitriles is 1. The third-order valence-electron chi connectivity index (χ3n) is 2.79. The molecule has 0 fully saturated rings. The van der Waals surface area contributed by atoms with Crippen LogP contribution in [0.4, 0.5) is 5.69 Å². The highest BCUT2D eigenvalue weighted by Gasteiger charge is 2.08. The van der Waals surface area contributed by atoms with Crippen molar-refractivity contribution in [3.05, 3.63) is 71.2 Å². The minimum absolute atomic E-state index is 0.0381. The predicted molar refractivity (Wildman–Crippen MR) is 84.9 cm³/mol. The van der Waals surface area contributed by atoms with Crippen molar-refractivity contribution in [3.63, 3.8) is 0 Å². The molecule has 0 atom stereocenters. The Labute approximate surface area is 133 Å². The number of hydrogen-bond acceptors (Lipinski definition) is 4. The van der Waals surface area contributed by atoms with Crippen LogP contribution >= 0.6 is 11.6 Å². The molecule has 1 aromatic heterocycles.